The van der Waals surface area contributed by atoms with Gasteiger partial charge in [-0.1, -0.05) is 30.3 Å². The molecule has 106 valence electrons. The first-order valence-corrected chi connectivity index (χ1v) is 6.49. The molecule has 0 saturated heterocycles. The normalized spacial score (nSPS) is 11.6. The van der Waals surface area contributed by atoms with Gasteiger partial charge in [-0.15, -0.1) is 0 Å². The second-order valence-electron chi connectivity index (χ2n) is 5.33. The van der Waals surface area contributed by atoms with Gasteiger partial charge in [-0.25, -0.2) is 0 Å². The summed E-state index contributed by atoms with van der Waals surface area (Å²) >= 11 is 0. The van der Waals surface area contributed by atoms with Gasteiger partial charge in [0.05, 0.1) is 11.2 Å². The highest BCUT2D eigenvalue weighted by Crippen LogP contribution is 2.28. The number of aromatic hydroxyl groups is 1. The van der Waals surface area contributed by atoms with Gasteiger partial charge >= 0.3 is 0 Å². The Hall–Kier alpha value is -2.07. The van der Waals surface area contributed by atoms with Crippen molar-refractivity contribution in [3.63, 3.8) is 0 Å². The van der Waals surface area contributed by atoms with E-state index in [4.69, 9.17) is 4.74 Å². The molecule has 0 aliphatic heterocycles. The Morgan fingerprint density at radius 2 is 1.95 bits per heavy atom. The molecule has 2 aromatic rings. The molecule has 4 heteroatoms. The number of carbonyl (C=O) groups excluding carboxylic acids is 1. The highest BCUT2D eigenvalue weighted by molar-refractivity contribution is 6.03. The average molecular weight is 273 g/mol. The van der Waals surface area contributed by atoms with Crippen molar-refractivity contribution in [2.24, 2.45) is 0 Å². The van der Waals surface area contributed by atoms with Crippen LogP contribution in [0.15, 0.2) is 36.4 Å². The first kappa shape index (κ1) is 14.3. The molecule has 0 atom stereocenters. The predicted molar refractivity (Wildman–Crippen MR) is 79.0 cm³/mol. The highest BCUT2D eigenvalue weighted by Gasteiger charge is 2.19. The van der Waals surface area contributed by atoms with Crippen LogP contribution in [0.3, 0.4) is 0 Å². The van der Waals surface area contributed by atoms with Crippen molar-refractivity contribution in [2.45, 2.75) is 19.4 Å². The van der Waals surface area contributed by atoms with Crippen LogP contribution in [0.1, 0.15) is 24.2 Å². The molecule has 0 aliphatic rings. The van der Waals surface area contributed by atoms with E-state index in [0.29, 0.717) is 11.9 Å². The smallest absolute Gasteiger partial charge is 0.255 e. The Morgan fingerprint density at radius 3 is 2.65 bits per heavy atom. The van der Waals surface area contributed by atoms with Gasteiger partial charge in [-0.05, 0) is 25.3 Å². The van der Waals surface area contributed by atoms with E-state index in [1.54, 1.807) is 19.2 Å². The van der Waals surface area contributed by atoms with Gasteiger partial charge < -0.3 is 15.2 Å². The minimum Gasteiger partial charge on any atom is -0.506 e. The third-order valence-electron chi connectivity index (χ3n) is 3.37. The maximum Gasteiger partial charge on any atom is 0.255 e. The van der Waals surface area contributed by atoms with Crippen molar-refractivity contribution < 1.29 is 14.6 Å². The fourth-order valence-electron chi connectivity index (χ4n) is 1.90. The summed E-state index contributed by atoms with van der Waals surface area (Å²) in [5.74, 6) is -0.297. The molecule has 2 rings (SSSR count). The fraction of sp³-hybridized carbons (Fsp3) is 0.312. The Labute approximate surface area is 118 Å². The third-order valence-corrected chi connectivity index (χ3v) is 3.37. The van der Waals surface area contributed by atoms with E-state index in [2.05, 4.69) is 5.32 Å². The third kappa shape index (κ3) is 2.91. The van der Waals surface area contributed by atoms with Gasteiger partial charge in [-0.3, -0.25) is 4.79 Å². The molecule has 0 bridgehead atoms. The standard InChI is InChI=1S/C16H19NO3/c1-16(2,20-3)10-17-15(19)13-9-8-11-6-4-5-7-12(11)14(13)18/h4-9,18H,10H2,1-3H3,(H,17,19). The van der Waals surface area contributed by atoms with Crippen LogP contribution in [0.2, 0.25) is 0 Å². The second kappa shape index (κ2) is 5.51. The van der Waals surface area contributed by atoms with E-state index >= 15 is 0 Å². The van der Waals surface area contributed by atoms with Crippen molar-refractivity contribution >= 4 is 16.7 Å². The molecule has 0 saturated carbocycles. The number of hydrogen-bond donors (Lipinski definition) is 2. The lowest BCUT2D eigenvalue weighted by Gasteiger charge is -2.23. The molecular weight excluding hydrogens is 254 g/mol. The van der Waals surface area contributed by atoms with Gasteiger partial charge in [0.1, 0.15) is 5.75 Å². The minimum absolute atomic E-state index is 0.0100. The number of ether oxygens (including phenoxy) is 1. The van der Waals surface area contributed by atoms with Gasteiger partial charge in [-0.2, -0.15) is 0 Å². The quantitative estimate of drug-likeness (QED) is 0.900. The molecule has 2 N–H and O–H groups in total. The van der Waals surface area contributed by atoms with Crippen molar-refractivity contribution in [3.05, 3.63) is 42.0 Å². The predicted octanol–water partition coefficient (Wildman–Crippen LogP) is 2.70. The summed E-state index contributed by atoms with van der Waals surface area (Å²) in [4.78, 5) is 12.1. The number of hydrogen-bond acceptors (Lipinski definition) is 3. The second-order valence-corrected chi connectivity index (χ2v) is 5.33. The van der Waals surface area contributed by atoms with Crippen LogP contribution in [0.5, 0.6) is 5.75 Å². The summed E-state index contributed by atoms with van der Waals surface area (Å²) in [6.45, 7) is 4.13. The van der Waals surface area contributed by atoms with E-state index in [0.717, 1.165) is 5.39 Å². The number of phenolic OH excluding ortho intramolecular Hbond substituents is 1. The van der Waals surface area contributed by atoms with Crippen LogP contribution in [-0.2, 0) is 4.74 Å². The topological polar surface area (TPSA) is 58.6 Å². The fourth-order valence-corrected chi connectivity index (χ4v) is 1.90. The van der Waals surface area contributed by atoms with Crippen molar-refractivity contribution in [3.8, 4) is 5.75 Å². The Morgan fingerprint density at radius 1 is 1.25 bits per heavy atom. The molecule has 4 nitrogen and oxygen atoms in total. The van der Waals surface area contributed by atoms with E-state index in [9.17, 15) is 9.90 Å². The minimum atomic E-state index is -0.442. The number of benzene rings is 2. The maximum atomic E-state index is 12.1. The van der Waals surface area contributed by atoms with Crippen LogP contribution in [-0.4, -0.2) is 30.3 Å². The molecule has 0 heterocycles. The molecule has 20 heavy (non-hydrogen) atoms. The zero-order valence-electron chi connectivity index (χ0n) is 11.9. The Balaban J connectivity index is 2.25. The number of phenols is 1. The van der Waals surface area contributed by atoms with E-state index in [1.807, 2.05) is 38.1 Å². The van der Waals surface area contributed by atoms with Crippen LogP contribution < -0.4 is 5.32 Å². The van der Waals surface area contributed by atoms with Crippen LogP contribution in [0, 0.1) is 0 Å². The molecular formula is C16H19NO3. The number of carbonyl (C=O) groups is 1. The van der Waals surface area contributed by atoms with E-state index < -0.39 is 5.60 Å². The lowest BCUT2D eigenvalue weighted by Crippen LogP contribution is -2.39. The van der Waals surface area contributed by atoms with E-state index in [1.165, 1.54) is 0 Å². The average Bonchev–Trinajstić information content (AvgIpc) is 2.45. The number of methoxy groups -OCH3 is 1. The zero-order chi connectivity index (χ0) is 14.8. The lowest BCUT2D eigenvalue weighted by molar-refractivity contribution is 0.0228. The van der Waals surface area contributed by atoms with Crippen LogP contribution in [0.25, 0.3) is 10.8 Å². The molecule has 1 amide bonds. The number of amides is 1. The Kier molecular flexibility index (Phi) is 3.95. The largest absolute Gasteiger partial charge is 0.506 e. The maximum absolute atomic E-state index is 12.1. The first-order chi connectivity index (χ1) is 9.44. The van der Waals surface area contributed by atoms with Gasteiger partial charge in [0.2, 0.25) is 0 Å². The van der Waals surface area contributed by atoms with E-state index in [-0.39, 0.29) is 17.2 Å². The molecule has 0 spiro atoms. The summed E-state index contributed by atoms with van der Waals surface area (Å²) in [5, 5.41) is 14.6. The summed E-state index contributed by atoms with van der Waals surface area (Å²) in [6.07, 6.45) is 0. The summed E-state index contributed by atoms with van der Waals surface area (Å²) < 4.78 is 5.25. The zero-order valence-corrected chi connectivity index (χ0v) is 11.9. The SMILES string of the molecule is COC(C)(C)CNC(=O)c1ccc2ccccc2c1O. The van der Waals surface area contributed by atoms with Gasteiger partial charge in [0.25, 0.3) is 5.91 Å². The summed E-state index contributed by atoms with van der Waals surface area (Å²) in [7, 11) is 1.60. The molecule has 0 aliphatic carbocycles. The Bertz CT molecular complexity index is 635. The summed E-state index contributed by atoms with van der Waals surface area (Å²) in [6, 6.07) is 10.9. The van der Waals surface area contributed by atoms with Crippen molar-refractivity contribution in [2.75, 3.05) is 13.7 Å². The molecule has 0 aromatic heterocycles. The number of rotatable bonds is 4. The van der Waals surface area contributed by atoms with Crippen LogP contribution >= 0.6 is 0 Å². The molecule has 2 aromatic carbocycles. The van der Waals surface area contributed by atoms with Crippen LogP contribution in [0.4, 0.5) is 0 Å². The molecule has 0 radical (unpaired) electrons. The van der Waals surface area contributed by atoms with Crippen molar-refractivity contribution in [1.29, 1.82) is 0 Å². The summed E-state index contributed by atoms with van der Waals surface area (Å²) in [5.41, 5.74) is -0.169. The number of fused-ring (bicyclic) bond motifs is 1. The highest BCUT2D eigenvalue weighted by atomic mass is 16.5. The van der Waals surface area contributed by atoms with Crippen molar-refractivity contribution in [1.82, 2.24) is 5.32 Å². The van der Waals surface area contributed by atoms with Gasteiger partial charge in [0, 0.05) is 19.0 Å². The first-order valence-electron chi connectivity index (χ1n) is 6.49. The molecule has 0 unspecified atom stereocenters. The molecule has 0 fully saturated rings. The number of nitrogens with one attached hydrogen (secondary N) is 1. The van der Waals surface area contributed by atoms with Gasteiger partial charge in [0.15, 0.2) is 0 Å². The lowest BCUT2D eigenvalue weighted by atomic mass is 10.0. The monoisotopic (exact) mass is 273 g/mol.